The first-order valence-corrected chi connectivity index (χ1v) is 3.88. The quantitative estimate of drug-likeness (QED) is 0.565. The molecule has 3 N–H and O–H groups in total. The standard InChI is InChI=1S/C7H14N2O2/c8-7(10)5-11-4-6-2-1-3-9-6/h6,9H,1-5H2,(H2,8,10). The minimum atomic E-state index is -0.400. The number of carbonyl (C=O) groups excluding carboxylic acids is 1. The lowest BCUT2D eigenvalue weighted by molar-refractivity contribution is -0.122. The van der Waals surface area contributed by atoms with E-state index in [4.69, 9.17) is 10.5 Å². The van der Waals surface area contributed by atoms with E-state index in [0.717, 1.165) is 13.0 Å². The zero-order valence-corrected chi connectivity index (χ0v) is 6.51. The highest BCUT2D eigenvalue weighted by molar-refractivity contribution is 5.74. The molecule has 1 aliphatic rings. The summed E-state index contributed by atoms with van der Waals surface area (Å²) in [6.45, 7) is 1.70. The van der Waals surface area contributed by atoms with E-state index in [-0.39, 0.29) is 6.61 Å². The molecular formula is C7H14N2O2. The third-order valence-electron chi connectivity index (χ3n) is 1.73. The van der Waals surface area contributed by atoms with Gasteiger partial charge in [0.05, 0.1) is 6.61 Å². The van der Waals surface area contributed by atoms with Gasteiger partial charge in [-0.15, -0.1) is 0 Å². The molecule has 0 saturated carbocycles. The Labute approximate surface area is 66.1 Å². The maximum Gasteiger partial charge on any atom is 0.243 e. The third-order valence-corrected chi connectivity index (χ3v) is 1.73. The van der Waals surface area contributed by atoms with Gasteiger partial charge in [0, 0.05) is 6.04 Å². The highest BCUT2D eigenvalue weighted by atomic mass is 16.5. The van der Waals surface area contributed by atoms with Crippen molar-refractivity contribution in [2.45, 2.75) is 18.9 Å². The SMILES string of the molecule is NC(=O)COCC1CCCN1. The molecule has 1 fully saturated rings. The molecule has 0 aromatic carbocycles. The summed E-state index contributed by atoms with van der Waals surface area (Å²) in [4.78, 5) is 10.2. The Balaban J connectivity index is 1.98. The number of nitrogens with two attached hydrogens (primary N) is 1. The molecule has 0 aromatic heterocycles. The molecule has 64 valence electrons. The number of ether oxygens (including phenoxy) is 1. The topological polar surface area (TPSA) is 64.4 Å². The minimum absolute atomic E-state index is 0.0399. The van der Waals surface area contributed by atoms with Crippen LogP contribution in [0.2, 0.25) is 0 Å². The highest BCUT2D eigenvalue weighted by Crippen LogP contribution is 2.04. The summed E-state index contributed by atoms with van der Waals surface area (Å²) in [6.07, 6.45) is 2.34. The van der Waals surface area contributed by atoms with E-state index in [2.05, 4.69) is 5.32 Å². The molecule has 4 heteroatoms. The van der Waals surface area contributed by atoms with E-state index in [1.807, 2.05) is 0 Å². The van der Waals surface area contributed by atoms with Gasteiger partial charge >= 0.3 is 0 Å². The van der Waals surface area contributed by atoms with Gasteiger partial charge < -0.3 is 15.8 Å². The Morgan fingerprint density at radius 2 is 2.55 bits per heavy atom. The summed E-state index contributed by atoms with van der Waals surface area (Å²) in [6, 6.07) is 0.425. The van der Waals surface area contributed by atoms with Gasteiger partial charge in [0.1, 0.15) is 6.61 Å². The molecule has 1 aliphatic heterocycles. The van der Waals surface area contributed by atoms with Crippen molar-refractivity contribution in [1.82, 2.24) is 5.32 Å². The number of primary amides is 1. The number of carbonyl (C=O) groups is 1. The maximum absolute atomic E-state index is 10.2. The fraction of sp³-hybridized carbons (Fsp3) is 0.857. The van der Waals surface area contributed by atoms with Crippen LogP contribution in [0.4, 0.5) is 0 Å². The van der Waals surface area contributed by atoms with Crippen molar-refractivity contribution in [3.8, 4) is 0 Å². The third kappa shape index (κ3) is 3.34. The average molecular weight is 158 g/mol. The normalized spacial score (nSPS) is 23.8. The minimum Gasteiger partial charge on any atom is -0.370 e. The Morgan fingerprint density at radius 1 is 1.73 bits per heavy atom. The fourth-order valence-corrected chi connectivity index (χ4v) is 1.20. The predicted molar refractivity (Wildman–Crippen MR) is 41.0 cm³/mol. The Morgan fingerprint density at radius 3 is 3.09 bits per heavy atom. The maximum atomic E-state index is 10.2. The summed E-state index contributed by atoms with van der Waals surface area (Å²) in [5.74, 6) is -0.400. The van der Waals surface area contributed by atoms with Gasteiger partial charge in [-0.25, -0.2) is 0 Å². The van der Waals surface area contributed by atoms with Crippen LogP contribution in [0.3, 0.4) is 0 Å². The molecule has 0 bridgehead atoms. The van der Waals surface area contributed by atoms with Crippen molar-refractivity contribution in [3.05, 3.63) is 0 Å². The molecule has 0 aliphatic carbocycles. The van der Waals surface area contributed by atoms with Crippen LogP contribution in [-0.4, -0.2) is 31.7 Å². The average Bonchev–Trinajstić information content (AvgIpc) is 2.39. The highest BCUT2D eigenvalue weighted by Gasteiger charge is 2.13. The van der Waals surface area contributed by atoms with Crippen molar-refractivity contribution >= 4 is 5.91 Å². The summed E-state index contributed by atoms with van der Waals surface area (Å²) < 4.78 is 5.04. The first-order valence-electron chi connectivity index (χ1n) is 3.88. The van der Waals surface area contributed by atoms with E-state index < -0.39 is 5.91 Å². The van der Waals surface area contributed by atoms with Crippen LogP contribution in [0.15, 0.2) is 0 Å². The number of amides is 1. The number of hydrogen-bond acceptors (Lipinski definition) is 3. The molecule has 0 spiro atoms. The second-order valence-corrected chi connectivity index (χ2v) is 2.77. The Bertz CT molecular complexity index is 132. The van der Waals surface area contributed by atoms with Crippen molar-refractivity contribution in [2.24, 2.45) is 5.73 Å². The molecule has 11 heavy (non-hydrogen) atoms. The van der Waals surface area contributed by atoms with E-state index in [9.17, 15) is 4.79 Å². The second-order valence-electron chi connectivity index (χ2n) is 2.77. The lowest BCUT2D eigenvalue weighted by Gasteiger charge is -2.08. The Kier molecular flexibility index (Phi) is 3.32. The number of hydrogen-bond donors (Lipinski definition) is 2. The van der Waals surface area contributed by atoms with Crippen LogP contribution < -0.4 is 11.1 Å². The summed E-state index contributed by atoms with van der Waals surface area (Å²) in [7, 11) is 0. The Hall–Kier alpha value is -0.610. The van der Waals surface area contributed by atoms with Crippen LogP contribution in [0, 0.1) is 0 Å². The smallest absolute Gasteiger partial charge is 0.243 e. The van der Waals surface area contributed by atoms with Gasteiger partial charge in [-0.3, -0.25) is 4.79 Å². The van der Waals surface area contributed by atoms with E-state index in [1.54, 1.807) is 0 Å². The van der Waals surface area contributed by atoms with Crippen molar-refractivity contribution in [1.29, 1.82) is 0 Å². The van der Waals surface area contributed by atoms with Gasteiger partial charge in [0.15, 0.2) is 0 Å². The number of nitrogens with one attached hydrogen (secondary N) is 1. The molecule has 0 aromatic rings. The van der Waals surface area contributed by atoms with Crippen LogP contribution >= 0.6 is 0 Å². The molecule has 1 unspecified atom stereocenters. The van der Waals surface area contributed by atoms with Gasteiger partial charge in [-0.1, -0.05) is 0 Å². The first kappa shape index (κ1) is 8.49. The summed E-state index contributed by atoms with van der Waals surface area (Å²) in [5, 5.41) is 3.25. The molecule has 1 saturated heterocycles. The van der Waals surface area contributed by atoms with E-state index >= 15 is 0 Å². The molecule has 1 rings (SSSR count). The van der Waals surface area contributed by atoms with Crippen LogP contribution in [0.1, 0.15) is 12.8 Å². The summed E-state index contributed by atoms with van der Waals surface area (Å²) in [5.41, 5.74) is 4.89. The summed E-state index contributed by atoms with van der Waals surface area (Å²) >= 11 is 0. The predicted octanol–water partition coefficient (Wildman–Crippen LogP) is -0.760. The lowest BCUT2D eigenvalue weighted by Crippen LogP contribution is -2.29. The van der Waals surface area contributed by atoms with E-state index in [1.165, 1.54) is 6.42 Å². The molecule has 1 heterocycles. The fourth-order valence-electron chi connectivity index (χ4n) is 1.20. The van der Waals surface area contributed by atoms with Crippen LogP contribution in [0.5, 0.6) is 0 Å². The molecule has 1 atom stereocenters. The van der Waals surface area contributed by atoms with Gasteiger partial charge in [0.2, 0.25) is 5.91 Å². The van der Waals surface area contributed by atoms with Crippen LogP contribution in [0.25, 0.3) is 0 Å². The molecular weight excluding hydrogens is 144 g/mol. The van der Waals surface area contributed by atoms with E-state index in [0.29, 0.717) is 12.6 Å². The van der Waals surface area contributed by atoms with Crippen molar-refractivity contribution in [3.63, 3.8) is 0 Å². The van der Waals surface area contributed by atoms with Crippen molar-refractivity contribution in [2.75, 3.05) is 19.8 Å². The molecule has 1 amide bonds. The van der Waals surface area contributed by atoms with Crippen molar-refractivity contribution < 1.29 is 9.53 Å². The number of rotatable bonds is 4. The lowest BCUT2D eigenvalue weighted by atomic mass is 10.2. The second kappa shape index (κ2) is 4.31. The largest absolute Gasteiger partial charge is 0.370 e. The monoisotopic (exact) mass is 158 g/mol. The van der Waals surface area contributed by atoms with Gasteiger partial charge in [0.25, 0.3) is 0 Å². The zero-order chi connectivity index (χ0) is 8.10. The van der Waals surface area contributed by atoms with Gasteiger partial charge in [-0.05, 0) is 19.4 Å². The zero-order valence-electron chi connectivity index (χ0n) is 6.51. The van der Waals surface area contributed by atoms with Gasteiger partial charge in [-0.2, -0.15) is 0 Å². The molecule has 4 nitrogen and oxygen atoms in total. The van der Waals surface area contributed by atoms with Crippen LogP contribution in [-0.2, 0) is 9.53 Å². The first-order chi connectivity index (χ1) is 5.29. The molecule has 0 radical (unpaired) electrons.